The minimum atomic E-state index is -0.138. The van der Waals surface area contributed by atoms with Gasteiger partial charge in [0.15, 0.2) is 0 Å². The fourth-order valence-corrected chi connectivity index (χ4v) is 3.92. The first-order valence-electron chi connectivity index (χ1n) is 9.72. The number of carbonyl (C=O) groups excluding carboxylic acids is 1. The summed E-state index contributed by atoms with van der Waals surface area (Å²) >= 11 is 6.49. The van der Waals surface area contributed by atoms with Crippen molar-refractivity contribution in [3.63, 3.8) is 0 Å². The fraction of sp³-hybridized carbons (Fsp3) is 0.208. The quantitative estimate of drug-likeness (QED) is 0.571. The first-order chi connectivity index (χ1) is 13.7. The van der Waals surface area contributed by atoms with E-state index in [0.717, 1.165) is 29.9 Å². The number of nitrogens with one attached hydrogen (secondary N) is 1. The van der Waals surface area contributed by atoms with Crippen molar-refractivity contribution >= 4 is 28.9 Å². The van der Waals surface area contributed by atoms with Gasteiger partial charge in [0, 0.05) is 24.3 Å². The Morgan fingerprint density at radius 3 is 2.18 bits per heavy atom. The molecule has 0 spiro atoms. The van der Waals surface area contributed by atoms with Crippen LogP contribution in [0.15, 0.2) is 72.8 Å². The molecule has 0 aromatic heterocycles. The van der Waals surface area contributed by atoms with Crippen LogP contribution < -0.4 is 10.2 Å². The first kappa shape index (κ1) is 18.6. The first-order valence-corrected chi connectivity index (χ1v) is 10.1. The number of benzene rings is 3. The van der Waals surface area contributed by atoms with Crippen LogP contribution in [0.1, 0.15) is 29.6 Å². The number of hydrogen-bond donors (Lipinski definition) is 1. The molecule has 3 nitrogen and oxygen atoms in total. The van der Waals surface area contributed by atoms with Gasteiger partial charge in [-0.05, 0) is 60.7 Å². The molecule has 28 heavy (non-hydrogen) atoms. The molecule has 4 rings (SSSR count). The maximum atomic E-state index is 12.6. The fourth-order valence-electron chi connectivity index (χ4n) is 3.62. The smallest absolute Gasteiger partial charge is 0.255 e. The van der Waals surface area contributed by atoms with Crippen molar-refractivity contribution in [1.82, 2.24) is 0 Å². The van der Waals surface area contributed by atoms with Crippen molar-refractivity contribution in [1.29, 1.82) is 0 Å². The minimum absolute atomic E-state index is 0.138. The zero-order valence-electron chi connectivity index (χ0n) is 15.7. The highest BCUT2D eigenvalue weighted by molar-refractivity contribution is 6.33. The molecular weight excluding hydrogens is 368 g/mol. The highest BCUT2D eigenvalue weighted by Crippen LogP contribution is 2.31. The van der Waals surface area contributed by atoms with E-state index in [1.165, 1.54) is 19.3 Å². The van der Waals surface area contributed by atoms with Crippen LogP contribution in [0.3, 0.4) is 0 Å². The van der Waals surface area contributed by atoms with Crippen LogP contribution in [0.2, 0.25) is 5.02 Å². The Kier molecular flexibility index (Phi) is 5.63. The van der Waals surface area contributed by atoms with E-state index in [1.54, 1.807) is 0 Å². The second kappa shape index (κ2) is 8.49. The molecule has 1 saturated heterocycles. The van der Waals surface area contributed by atoms with Gasteiger partial charge in [-0.25, -0.2) is 0 Å². The van der Waals surface area contributed by atoms with Crippen LogP contribution in [0.25, 0.3) is 11.1 Å². The predicted molar refractivity (Wildman–Crippen MR) is 117 cm³/mol. The third-order valence-electron chi connectivity index (χ3n) is 5.16. The van der Waals surface area contributed by atoms with Crippen molar-refractivity contribution in [3.05, 3.63) is 83.4 Å². The summed E-state index contributed by atoms with van der Waals surface area (Å²) < 4.78 is 0. The number of piperidine rings is 1. The Balaban J connectivity index is 1.45. The van der Waals surface area contributed by atoms with Gasteiger partial charge in [-0.3, -0.25) is 4.79 Å². The van der Waals surface area contributed by atoms with Crippen molar-refractivity contribution in [2.75, 3.05) is 23.3 Å². The molecule has 4 heteroatoms. The largest absolute Gasteiger partial charge is 0.370 e. The van der Waals surface area contributed by atoms with Gasteiger partial charge in [-0.2, -0.15) is 0 Å². The van der Waals surface area contributed by atoms with E-state index < -0.39 is 0 Å². The average Bonchev–Trinajstić information content (AvgIpc) is 2.75. The van der Waals surface area contributed by atoms with Crippen LogP contribution in [0, 0.1) is 0 Å². The predicted octanol–water partition coefficient (Wildman–Crippen LogP) is 6.25. The van der Waals surface area contributed by atoms with E-state index in [9.17, 15) is 4.79 Å². The SMILES string of the molecule is O=C(Nc1ccc(N2CCCCC2)c(Cl)c1)c1ccc(-c2ccccc2)cc1. The van der Waals surface area contributed by atoms with Crippen molar-refractivity contribution < 1.29 is 4.79 Å². The molecule has 3 aromatic rings. The molecule has 1 aliphatic rings. The third kappa shape index (κ3) is 4.20. The molecule has 1 fully saturated rings. The number of amides is 1. The van der Waals surface area contributed by atoms with E-state index in [-0.39, 0.29) is 5.91 Å². The van der Waals surface area contributed by atoms with Gasteiger partial charge in [0.1, 0.15) is 0 Å². The molecular formula is C24H23ClN2O. The van der Waals surface area contributed by atoms with E-state index in [2.05, 4.69) is 22.3 Å². The van der Waals surface area contributed by atoms with Crippen LogP contribution in [0.4, 0.5) is 11.4 Å². The Hall–Kier alpha value is -2.78. The molecule has 1 amide bonds. The standard InChI is InChI=1S/C24H23ClN2O/c25-22-17-21(13-14-23(22)27-15-5-2-6-16-27)26-24(28)20-11-9-19(10-12-20)18-7-3-1-4-8-18/h1,3-4,7-14,17H,2,5-6,15-16H2,(H,26,28). The molecule has 0 radical (unpaired) electrons. The maximum absolute atomic E-state index is 12.6. The van der Waals surface area contributed by atoms with E-state index in [0.29, 0.717) is 16.3 Å². The summed E-state index contributed by atoms with van der Waals surface area (Å²) in [4.78, 5) is 14.9. The highest BCUT2D eigenvalue weighted by Gasteiger charge is 2.15. The van der Waals surface area contributed by atoms with Gasteiger partial charge >= 0.3 is 0 Å². The van der Waals surface area contributed by atoms with Crippen molar-refractivity contribution in [3.8, 4) is 11.1 Å². The van der Waals surface area contributed by atoms with Gasteiger partial charge < -0.3 is 10.2 Å². The van der Waals surface area contributed by atoms with Crippen LogP contribution in [-0.4, -0.2) is 19.0 Å². The second-order valence-electron chi connectivity index (χ2n) is 7.11. The second-order valence-corrected chi connectivity index (χ2v) is 7.52. The third-order valence-corrected chi connectivity index (χ3v) is 5.46. The molecule has 142 valence electrons. The Morgan fingerprint density at radius 1 is 0.821 bits per heavy atom. The highest BCUT2D eigenvalue weighted by atomic mass is 35.5. The van der Waals surface area contributed by atoms with Gasteiger partial charge in [-0.15, -0.1) is 0 Å². The summed E-state index contributed by atoms with van der Waals surface area (Å²) in [7, 11) is 0. The lowest BCUT2D eigenvalue weighted by Crippen LogP contribution is -2.29. The zero-order valence-corrected chi connectivity index (χ0v) is 16.5. The maximum Gasteiger partial charge on any atom is 0.255 e. The Labute approximate surface area is 171 Å². The minimum Gasteiger partial charge on any atom is -0.370 e. The molecule has 0 saturated carbocycles. The van der Waals surface area contributed by atoms with Gasteiger partial charge in [0.2, 0.25) is 0 Å². The lowest BCUT2D eigenvalue weighted by atomic mass is 10.0. The van der Waals surface area contributed by atoms with Gasteiger partial charge in [0.05, 0.1) is 10.7 Å². The molecule has 0 bridgehead atoms. The zero-order chi connectivity index (χ0) is 19.3. The van der Waals surface area contributed by atoms with E-state index in [1.807, 2.05) is 60.7 Å². The normalized spacial score (nSPS) is 14.0. The average molecular weight is 391 g/mol. The van der Waals surface area contributed by atoms with Crippen LogP contribution >= 0.6 is 11.6 Å². The number of rotatable bonds is 4. The van der Waals surface area contributed by atoms with Crippen LogP contribution in [-0.2, 0) is 0 Å². The lowest BCUT2D eigenvalue weighted by molar-refractivity contribution is 0.102. The molecule has 0 unspecified atom stereocenters. The van der Waals surface area contributed by atoms with Crippen molar-refractivity contribution in [2.24, 2.45) is 0 Å². The summed E-state index contributed by atoms with van der Waals surface area (Å²) in [6, 6.07) is 23.5. The van der Waals surface area contributed by atoms with E-state index in [4.69, 9.17) is 11.6 Å². The molecule has 0 aliphatic carbocycles. The summed E-state index contributed by atoms with van der Waals surface area (Å²) in [5.74, 6) is -0.138. The molecule has 3 aromatic carbocycles. The molecule has 0 atom stereocenters. The van der Waals surface area contributed by atoms with Crippen LogP contribution in [0.5, 0.6) is 0 Å². The number of anilines is 2. The molecule has 1 heterocycles. The van der Waals surface area contributed by atoms with Gasteiger partial charge in [0.25, 0.3) is 5.91 Å². The van der Waals surface area contributed by atoms with E-state index >= 15 is 0 Å². The summed E-state index contributed by atoms with van der Waals surface area (Å²) in [6.45, 7) is 2.08. The molecule has 1 N–H and O–H groups in total. The van der Waals surface area contributed by atoms with Gasteiger partial charge in [-0.1, -0.05) is 54.1 Å². The number of halogens is 1. The topological polar surface area (TPSA) is 32.3 Å². The summed E-state index contributed by atoms with van der Waals surface area (Å²) in [5, 5.41) is 3.63. The summed E-state index contributed by atoms with van der Waals surface area (Å²) in [5.41, 5.74) is 4.60. The van der Waals surface area contributed by atoms with Crippen molar-refractivity contribution in [2.45, 2.75) is 19.3 Å². The summed E-state index contributed by atoms with van der Waals surface area (Å²) in [6.07, 6.45) is 3.69. The number of carbonyl (C=O) groups is 1. The lowest BCUT2D eigenvalue weighted by Gasteiger charge is -2.29. The number of hydrogen-bond acceptors (Lipinski definition) is 2. The molecule has 1 aliphatic heterocycles. The number of nitrogens with zero attached hydrogens (tertiary/aromatic N) is 1. The monoisotopic (exact) mass is 390 g/mol. The Bertz CT molecular complexity index is 948. The Morgan fingerprint density at radius 2 is 1.50 bits per heavy atom.